The molecule has 0 aromatic carbocycles. The molecular weight excluding hydrogens is 232 g/mol. The Balaban J connectivity index is 1.41. The molecule has 0 unspecified atom stereocenters. The van der Waals surface area contributed by atoms with E-state index in [1.165, 1.54) is 39.0 Å². The summed E-state index contributed by atoms with van der Waals surface area (Å²) in [5, 5.41) is 2.77. The van der Waals surface area contributed by atoms with Gasteiger partial charge in [0, 0.05) is 50.6 Å². The van der Waals surface area contributed by atoms with Crippen molar-refractivity contribution in [3.63, 3.8) is 0 Å². The average Bonchev–Trinajstić information content (AvgIpc) is 3.11. The highest BCUT2D eigenvalue weighted by Crippen LogP contribution is 2.27. The third-order valence-electron chi connectivity index (χ3n) is 3.72. The largest absolute Gasteiger partial charge is 0.375 e. The van der Waals surface area contributed by atoms with Gasteiger partial charge in [-0.2, -0.15) is 0 Å². The minimum atomic E-state index is 0.693. The van der Waals surface area contributed by atoms with Crippen molar-refractivity contribution in [3.8, 4) is 0 Å². The summed E-state index contributed by atoms with van der Waals surface area (Å²) in [6.45, 7) is 6.07. The highest BCUT2D eigenvalue weighted by atomic mass is 32.1. The Hall–Kier alpha value is -0.650. The molecule has 0 spiro atoms. The molecule has 94 valence electrons. The molecule has 17 heavy (non-hydrogen) atoms. The SMILES string of the molecule is Nc1nc(CCN2CCN(C3CC3)CC2)cs1. The zero-order valence-corrected chi connectivity index (χ0v) is 11.0. The topological polar surface area (TPSA) is 45.4 Å². The van der Waals surface area contributed by atoms with E-state index in [-0.39, 0.29) is 0 Å². The Morgan fingerprint density at radius 1 is 1.29 bits per heavy atom. The molecule has 2 fully saturated rings. The Morgan fingerprint density at radius 3 is 2.65 bits per heavy atom. The minimum absolute atomic E-state index is 0.693. The first-order chi connectivity index (χ1) is 8.31. The number of aromatic nitrogens is 1. The number of piperazine rings is 1. The zero-order chi connectivity index (χ0) is 11.7. The van der Waals surface area contributed by atoms with E-state index >= 15 is 0 Å². The van der Waals surface area contributed by atoms with Gasteiger partial charge in [0.25, 0.3) is 0 Å². The van der Waals surface area contributed by atoms with Crippen LogP contribution >= 0.6 is 11.3 Å². The number of anilines is 1. The first-order valence-corrected chi connectivity index (χ1v) is 7.35. The third-order valence-corrected chi connectivity index (χ3v) is 4.45. The fourth-order valence-electron chi connectivity index (χ4n) is 2.50. The van der Waals surface area contributed by atoms with Crippen LogP contribution in [0, 0.1) is 0 Å². The van der Waals surface area contributed by atoms with Crippen molar-refractivity contribution in [2.45, 2.75) is 25.3 Å². The maximum absolute atomic E-state index is 5.63. The van der Waals surface area contributed by atoms with Gasteiger partial charge in [-0.15, -0.1) is 11.3 Å². The number of nitrogen functional groups attached to an aromatic ring is 1. The number of hydrogen-bond acceptors (Lipinski definition) is 5. The van der Waals surface area contributed by atoms with E-state index in [1.807, 2.05) is 0 Å². The molecule has 2 heterocycles. The van der Waals surface area contributed by atoms with E-state index in [0.29, 0.717) is 5.13 Å². The van der Waals surface area contributed by atoms with Crippen LogP contribution < -0.4 is 5.73 Å². The van der Waals surface area contributed by atoms with Gasteiger partial charge in [-0.1, -0.05) is 0 Å². The summed E-state index contributed by atoms with van der Waals surface area (Å²) in [7, 11) is 0. The Labute approximate surface area is 106 Å². The van der Waals surface area contributed by atoms with Gasteiger partial charge in [0.05, 0.1) is 5.69 Å². The first-order valence-electron chi connectivity index (χ1n) is 6.47. The second-order valence-electron chi connectivity index (χ2n) is 5.04. The Bertz CT molecular complexity index is 366. The molecule has 1 saturated heterocycles. The zero-order valence-electron chi connectivity index (χ0n) is 10.1. The van der Waals surface area contributed by atoms with Crippen LogP contribution in [0.1, 0.15) is 18.5 Å². The fourth-order valence-corrected chi connectivity index (χ4v) is 3.10. The summed E-state index contributed by atoms with van der Waals surface area (Å²) in [5.41, 5.74) is 6.78. The van der Waals surface area contributed by atoms with Gasteiger partial charge in [-0.25, -0.2) is 4.98 Å². The molecule has 1 saturated carbocycles. The monoisotopic (exact) mass is 252 g/mol. The van der Waals surface area contributed by atoms with E-state index in [9.17, 15) is 0 Å². The standard InChI is InChI=1S/C12H20N4S/c13-12-14-10(9-17-12)3-4-15-5-7-16(8-6-15)11-1-2-11/h9,11H,1-8H2,(H2,13,14). The van der Waals surface area contributed by atoms with Crippen LogP contribution in [0.3, 0.4) is 0 Å². The van der Waals surface area contributed by atoms with Crippen LogP contribution in [-0.4, -0.2) is 53.5 Å². The lowest BCUT2D eigenvalue weighted by molar-refractivity contribution is 0.127. The molecule has 0 amide bonds. The molecule has 1 aliphatic heterocycles. The van der Waals surface area contributed by atoms with Gasteiger partial charge in [0.15, 0.2) is 5.13 Å². The van der Waals surface area contributed by atoms with Crippen molar-refractivity contribution in [3.05, 3.63) is 11.1 Å². The predicted octanol–water partition coefficient (Wildman–Crippen LogP) is 1.05. The van der Waals surface area contributed by atoms with Crippen molar-refractivity contribution in [1.29, 1.82) is 0 Å². The van der Waals surface area contributed by atoms with Crippen molar-refractivity contribution in [1.82, 2.24) is 14.8 Å². The van der Waals surface area contributed by atoms with Gasteiger partial charge in [-0.3, -0.25) is 4.90 Å². The minimum Gasteiger partial charge on any atom is -0.375 e. The summed E-state index contributed by atoms with van der Waals surface area (Å²) in [5.74, 6) is 0. The van der Waals surface area contributed by atoms with Crippen LogP contribution in [0.2, 0.25) is 0 Å². The first kappa shape index (κ1) is 11.4. The molecule has 1 aliphatic carbocycles. The van der Waals surface area contributed by atoms with Gasteiger partial charge in [-0.05, 0) is 12.8 Å². The van der Waals surface area contributed by atoms with Gasteiger partial charge >= 0.3 is 0 Å². The van der Waals surface area contributed by atoms with E-state index in [1.54, 1.807) is 11.3 Å². The summed E-state index contributed by atoms with van der Waals surface area (Å²) < 4.78 is 0. The lowest BCUT2D eigenvalue weighted by atomic mass is 10.2. The van der Waals surface area contributed by atoms with Crippen LogP contribution in [0.4, 0.5) is 5.13 Å². The Morgan fingerprint density at radius 2 is 2.06 bits per heavy atom. The summed E-state index contributed by atoms with van der Waals surface area (Å²) in [6, 6.07) is 0.926. The highest BCUT2D eigenvalue weighted by Gasteiger charge is 2.30. The average molecular weight is 252 g/mol. The van der Waals surface area contributed by atoms with Crippen LogP contribution in [-0.2, 0) is 6.42 Å². The number of nitrogens with two attached hydrogens (primary N) is 1. The van der Waals surface area contributed by atoms with E-state index in [0.717, 1.165) is 24.7 Å². The van der Waals surface area contributed by atoms with Gasteiger partial charge < -0.3 is 10.6 Å². The summed E-state index contributed by atoms with van der Waals surface area (Å²) in [4.78, 5) is 9.51. The van der Waals surface area contributed by atoms with E-state index in [4.69, 9.17) is 5.73 Å². The fraction of sp³-hybridized carbons (Fsp3) is 0.750. The van der Waals surface area contributed by atoms with Crippen LogP contribution in [0.25, 0.3) is 0 Å². The normalized spacial score (nSPS) is 23.1. The summed E-state index contributed by atoms with van der Waals surface area (Å²) >= 11 is 1.54. The van der Waals surface area contributed by atoms with Gasteiger partial charge in [0.2, 0.25) is 0 Å². The molecule has 0 bridgehead atoms. The highest BCUT2D eigenvalue weighted by molar-refractivity contribution is 7.13. The van der Waals surface area contributed by atoms with Crippen molar-refractivity contribution >= 4 is 16.5 Å². The lowest BCUT2D eigenvalue weighted by Gasteiger charge is -2.34. The number of rotatable bonds is 4. The molecule has 4 nitrogen and oxygen atoms in total. The molecule has 1 aromatic rings. The van der Waals surface area contributed by atoms with Crippen LogP contribution in [0.15, 0.2) is 5.38 Å². The van der Waals surface area contributed by atoms with Crippen LogP contribution in [0.5, 0.6) is 0 Å². The molecule has 3 rings (SSSR count). The van der Waals surface area contributed by atoms with E-state index in [2.05, 4.69) is 20.2 Å². The lowest BCUT2D eigenvalue weighted by Crippen LogP contribution is -2.47. The maximum atomic E-state index is 5.63. The quantitative estimate of drug-likeness (QED) is 0.870. The molecule has 5 heteroatoms. The molecule has 0 radical (unpaired) electrons. The number of thiazole rings is 1. The summed E-state index contributed by atoms with van der Waals surface area (Å²) in [6.07, 6.45) is 3.90. The maximum Gasteiger partial charge on any atom is 0.180 e. The molecule has 2 N–H and O–H groups in total. The molecular formula is C12H20N4S. The third kappa shape index (κ3) is 2.97. The Kier molecular flexibility index (Phi) is 3.31. The molecule has 0 atom stereocenters. The van der Waals surface area contributed by atoms with Gasteiger partial charge in [0.1, 0.15) is 0 Å². The van der Waals surface area contributed by atoms with E-state index < -0.39 is 0 Å². The molecule has 1 aromatic heterocycles. The second kappa shape index (κ2) is 4.92. The molecule has 2 aliphatic rings. The second-order valence-corrected chi connectivity index (χ2v) is 5.93. The number of nitrogens with zero attached hydrogens (tertiary/aromatic N) is 3. The van der Waals surface area contributed by atoms with Crippen molar-refractivity contribution < 1.29 is 0 Å². The van der Waals surface area contributed by atoms with Crippen molar-refractivity contribution in [2.24, 2.45) is 0 Å². The smallest absolute Gasteiger partial charge is 0.180 e. The predicted molar refractivity (Wildman–Crippen MR) is 71.3 cm³/mol. The number of hydrogen-bond donors (Lipinski definition) is 1. The van der Waals surface area contributed by atoms with Crippen molar-refractivity contribution in [2.75, 3.05) is 38.5 Å².